The highest BCUT2D eigenvalue weighted by atomic mass is 16.3. The summed E-state index contributed by atoms with van der Waals surface area (Å²) >= 11 is 0. The Labute approximate surface area is 121 Å². The van der Waals surface area contributed by atoms with Crippen LogP contribution in [0.5, 0.6) is 0 Å². The van der Waals surface area contributed by atoms with Gasteiger partial charge in [-0.1, -0.05) is 49.4 Å². The highest BCUT2D eigenvalue weighted by Crippen LogP contribution is 2.36. The van der Waals surface area contributed by atoms with E-state index in [0.29, 0.717) is 0 Å². The molecule has 3 rings (SSSR count). The van der Waals surface area contributed by atoms with E-state index in [1.165, 1.54) is 10.8 Å². The minimum absolute atomic E-state index is 0.676. The lowest BCUT2D eigenvalue weighted by molar-refractivity contribution is 0.0228. The van der Waals surface area contributed by atoms with Gasteiger partial charge in [0.15, 0.2) is 0 Å². The molecule has 2 aromatic carbocycles. The lowest BCUT2D eigenvalue weighted by Gasteiger charge is -2.29. The van der Waals surface area contributed by atoms with Crippen LogP contribution in [0, 0.1) is 0 Å². The first-order valence-corrected chi connectivity index (χ1v) is 7.66. The highest BCUT2D eigenvalue weighted by molar-refractivity contribution is 5.86. The Kier molecular flexibility index (Phi) is 3.77. The predicted molar refractivity (Wildman–Crippen MR) is 83.8 cm³/mol. The lowest BCUT2D eigenvalue weighted by Crippen LogP contribution is -2.29. The molecule has 0 amide bonds. The molecule has 106 valence electrons. The zero-order valence-electron chi connectivity index (χ0n) is 12.2. The van der Waals surface area contributed by atoms with E-state index in [1.54, 1.807) is 0 Å². The van der Waals surface area contributed by atoms with Gasteiger partial charge in [0.1, 0.15) is 0 Å². The van der Waals surface area contributed by atoms with Gasteiger partial charge in [-0.3, -0.25) is 0 Å². The molecule has 2 heteroatoms. The van der Waals surface area contributed by atoms with Gasteiger partial charge in [-0.15, -0.1) is 0 Å². The molecule has 0 aromatic heterocycles. The molecule has 20 heavy (non-hydrogen) atoms. The molecule has 0 saturated carbocycles. The lowest BCUT2D eigenvalue weighted by atomic mass is 9.84. The molecule has 1 N–H and O–H groups in total. The van der Waals surface area contributed by atoms with E-state index < -0.39 is 5.60 Å². The standard InChI is InChI=1S/C18H23NO/c1-2-19-13-6-11-18(20,12-14-19)17-10-5-8-15-7-3-4-9-16(15)17/h3-5,7-10,20H,2,6,11-14H2,1H3. The van der Waals surface area contributed by atoms with E-state index in [9.17, 15) is 5.11 Å². The molecule has 1 atom stereocenters. The number of benzene rings is 2. The average molecular weight is 269 g/mol. The van der Waals surface area contributed by atoms with Crippen LogP contribution in [0.25, 0.3) is 10.8 Å². The quantitative estimate of drug-likeness (QED) is 0.901. The van der Waals surface area contributed by atoms with E-state index in [4.69, 9.17) is 0 Å². The first-order chi connectivity index (χ1) is 9.73. The van der Waals surface area contributed by atoms with Crippen LogP contribution in [0.3, 0.4) is 0 Å². The van der Waals surface area contributed by atoms with E-state index >= 15 is 0 Å². The van der Waals surface area contributed by atoms with Crippen molar-refractivity contribution < 1.29 is 5.11 Å². The topological polar surface area (TPSA) is 23.5 Å². The second-order valence-corrected chi connectivity index (χ2v) is 5.85. The van der Waals surface area contributed by atoms with Crippen molar-refractivity contribution in [1.82, 2.24) is 4.90 Å². The molecule has 1 unspecified atom stereocenters. The van der Waals surface area contributed by atoms with Crippen molar-refractivity contribution >= 4 is 10.8 Å². The summed E-state index contributed by atoms with van der Waals surface area (Å²) in [5.41, 5.74) is 0.429. The number of hydrogen-bond acceptors (Lipinski definition) is 2. The molecule has 1 aliphatic rings. The SMILES string of the molecule is CCN1CCCC(O)(c2cccc3ccccc23)CC1. The van der Waals surface area contributed by atoms with Crippen molar-refractivity contribution in [2.45, 2.75) is 31.8 Å². The van der Waals surface area contributed by atoms with Gasteiger partial charge < -0.3 is 10.0 Å². The van der Waals surface area contributed by atoms with Gasteiger partial charge >= 0.3 is 0 Å². The van der Waals surface area contributed by atoms with Gasteiger partial charge in [-0.25, -0.2) is 0 Å². The largest absolute Gasteiger partial charge is 0.385 e. The summed E-state index contributed by atoms with van der Waals surface area (Å²) in [4.78, 5) is 2.43. The van der Waals surface area contributed by atoms with Gasteiger partial charge in [0, 0.05) is 6.54 Å². The molecule has 2 nitrogen and oxygen atoms in total. The third kappa shape index (κ3) is 2.46. The zero-order chi connectivity index (χ0) is 14.0. The van der Waals surface area contributed by atoms with Gasteiger partial charge in [0.25, 0.3) is 0 Å². The second-order valence-electron chi connectivity index (χ2n) is 5.85. The van der Waals surface area contributed by atoms with E-state index in [0.717, 1.165) is 44.5 Å². The number of aliphatic hydroxyl groups is 1. The molecule has 0 spiro atoms. The third-order valence-electron chi connectivity index (χ3n) is 4.64. The summed E-state index contributed by atoms with van der Waals surface area (Å²) in [5.74, 6) is 0. The Morgan fingerprint density at radius 2 is 1.85 bits per heavy atom. The molecule has 1 aliphatic heterocycles. The van der Waals surface area contributed by atoms with Crippen LogP contribution >= 0.6 is 0 Å². The van der Waals surface area contributed by atoms with E-state index in [-0.39, 0.29) is 0 Å². The Hall–Kier alpha value is -1.38. The fourth-order valence-electron chi connectivity index (χ4n) is 3.39. The molecule has 1 saturated heterocycles. The van der Waals surface area contributed by atoms with Crippen molar-refractivity contribution in [3.8, 4) is 0 Å². The van der Waals surface area contributed by atoms with Crippen molar-refractivity contribution in [3.63, 3.8) is 0 Å². The fourth-order valence-corrected chi connectivity index (χ4v) is 3.39. The number of rotatable bonds is 2. The van der Waals surface area contributed by atoms with E-state index in [1.807, 2.05) is 0 Å². The third-order valence-corrected chi connectivity index (χ3v) is 4.64. The Balaban J connectivity index is 2.01. The highest BCUT2D eigenvalue weighted by Gasteiger charge is 2.32. The minimum atomic E-state index is -0.676. The predicted octanol–water partition coefficient (Wildman–Crippen LogP) is 3.53. The maximum Gasteiger partial charge on any atom is 0.0915 e. The van der Waals surface area contributed by atoms with Crippen molar-refractivity contribution in [3.05, 3.63) is 48.0 Å². The van der Waals surface area contributed by atoms with Crippen LogP contribution in [-0.2, 0) is 5.60 Å². The minimum Gasteiger partial charge on any atom is -0.385 e. The van der Waals surface area contributed by atoms with Crippen molar-refractivity contribution in [1.29, 1.82) is 0 Å². The molecule has 0 bridgehead atoms. The Morgan fingerprint density at radius 1 is 1.05 bits per heavy atom. The van der Waals surface area contributed by atoms with Crippen LogP contribution in [0.1, 0.15) is 31.7 Å². The van der Waals surface area contributed by atoms with Crippen LogP contribution in [0.2, 0.25) is 0 Å². The summed E-state index contributed by atoms with van der Waals surface area (Å²) in [6, 6.07) is 14.7. The molecule has 1 fully saturated rings. The van der Waals surface area contributed by atoms with Crippen LogP contribution < -0.4 is 0 Å². The average Bonchev–Trinajstić information content (AvgIpc) is 2.69. The number of hydrogen-bond donors (Lipinski definition) is 1. The molecular weight excluding hydrogens is 246 g/mol. The molecule has 0 radical (unpaired) electrons. The van der Waals surface area contributed by atoms with Gasteiger partial charge in [-0.2, -0.15) is 0 Å². The second kappa shape index (κ2) is 5.55. The maximum atomic E-state index is 11.2. The van der Waals surface area contributed by atoms with Crippen LogP contribution in [0.15, 0.2) is 42.5 Å². The number of fused-ring (bicyclic) bond motifs is 1. The summed E-state index contributed by atoms with van der Waals surface area (Å²) < 4.78 is 0. The van der Waals surface area contributed by atoms with Gasteiger partial charge in [0.2, 0.25) is 0 Å². The van der Waals surface area contributed by atoms with Crippen LogP contribution in [0.4, 0.5) is 0 Å². The maximum absolute atomic E-state index is 11.2. The molecular formula is C18H23NO. The molecule has 0 aliphatic carbocycles. The Bertz CT molecular complexity index is 589. The Morgan fingerprint density at radius 3 is 2.70 bits per heavy atom. The van der Waals surface area contributed by atoms with E-state index in [2.05, 4.69) is 54.3 Å². The van der Waals surface area contributed by atoms with Gasteiger partial charge in [0.05, 0.1) is 5.60 Å². The zero-order valence-corrected chi connectivity index (χ0v) is 12.2. The van der Waals surface area contributed by atoms with Crippen molar-refractivity contribution in [2.24, 2.45) is 0 Å². The first kappa shape index (κ1) is 13.6. The normalized spacial score (nSPS) is 24.7. The summed E-state index contributed by atoms with van der Waals surface area (Å²) in [6.45, 7) is 5.35. The smallest absolute Gasteiger partial charge is 0.0915 e. The van der Waals surface area contributed by atoms with Crippen LogP contribution in [-0.4, -0.2) is 29.6 Å². The van der Waals surface area contributed by atoms with Crippen molar-refractivity contribution in [2.75, 3.05) is 19.6 Å². The molecule has 2 aromatic rings. The van der Waals surface area contributed by atoms with Gasteiger partial charge in [-0.05, 0) is 48.7 Å². The summed E-state index contributed by atoms with van der Waals surface area (Å²) in [6.07, 6.45) is 2.75. The molecule has 1 heterocycles. The summed E-state index contributed by atoms with van der Waals surface area (Å²) in [7, 11) is 0. The first-order valence-electron chi connectivity index (χ1n) is 7.66. The monoisotopic (exact) mass is 269 g/mol. The fraction of sp³-hybridized carbons (Fsp3) is 0.444. The number of likely N-dealkylation sites (tertiary alicyclic amines) is 1. The number of nitrogens with zero attached hydrogens (tertiary/aromatic N) is 1. The summed E-state index contributed by atoms with van der Waals surface area (Å²) in [5, 5.41) is 13.6.